The van der Waals surface area contributed by atoms with E-state index in [1.165, 1.54) is 4.90 Å². The largest absolute Gasteiger partial charge is 0.274 e. The highest BCUT2D eigenvalue weighted by Crippen LogP contribution is 2.53. The van der Waals surface area contributed by atoms with Crippen LogP contribution in [-0.4, -0.2) is 21.8 Å². The average molecular weight is 305 g/mol. The summed E-state index contributed by atoms with van der Waals surface area (Å²) in [6.07, 6.45) is 6.92. The predicted molar refractivity (Wildman–Crippen MR) is 84.5 cm³/mol. The van der Waals surface area contributed by atoms with Gasteiger partial charge in [-0.05, 0) is 43.4 Å². The number of benzene rings is 1. The molecule has 5 rings (SSSR count). The number of nitrogens with zero attached hydrogens (tertiary/aromatic N) is 3. The number of allylic oxidation sites excluding steroid dienone is 2. The van der Waals surface area contributed by atoms with Crippen LogP contribution in [0.1, 0.15) is 12.2 Å². The number of carbonyl (C=O) groups is 2. The molecule has 1 aliphatic heterocycles. The fraction of sp³-hybridized carbons (Fsp3) is 0.333. The van der Waals surface area contributed by atoms with Crippen molar-refractivity contribution in [3.63, 3.8) is 0 Å². The van der Waals surface area contributed by atoms with Gasteiger partial charge >= 0.3 is 0 Å². The van der Waals surface area contributed by atoms with Gasteiger partial charge in [0.2, 0.25) is 11.8 Å². The molecular weight excluding hydrogens is 290 g/mol. The van der Waals surface area contributed by atoms with Crippen LogP contribution in [0.15, 0.2) is 36.5 Å². The third-order valence-electron chi connectivity index (χ3n) is 5.42. The number of hydrogen-bond donors (Lipinski definition) is 0. The quantitative estimate of drug-likeness (QED) is 0.599. The van der Waals surface area contributed by atoms with E-state index in [9.17, 15) is 9.59 Å². The molecule has 1 saturated heterocycles. The summed E-state index contributed by atoms with van der Waals surface area (Å²) in [7, 11) is 0. The highest BCUT2D eigenvalue weighted by atomic mass is 16.2. The standard InChI is InChI=1S/C18H15N3O2/c1-9-19-8-12-4-5-13(7-14(12)20-9)21-17(22)15-10-2-3-11(6-10)16(15)18(21)23/h2-5,7-8,10-11,15-16H,6H2,1H3/t10-,11+,15-,16+. The first kappa shape index (κ1) is 12.9. The van der Waals surface area contributed by atoms with E-state index in [-0.39, 0.29) is 35.5 Å². The van der Waals surface area contributed by atoms with Crippen LogP contribution < -0.4 is 4.90 Å². The molecule has 2 aromatic rings. The monoisotopic (exact) mass is 305 g/mol. The van der Waals surface area contributed by atoms with Crippen molar-refractivity contribution < 1.29 is 9.59 Å². The van der Waals surface area contributed by atoms with Crippen LogP contribution in [0, 0.1) is 30.6 Å². The van der Waals surface area contributed by atoms with Crippen molar-refractivity contribution in [2.45, 2.75) is 13.3 Å². The van der Waals surface area contributed by atoms with E-state index in [4.69, 9.17) is 0 Å². The Bertz CT molecular complexity index is 874. The number of amides is 2. The smallest absolute Gasteiger partial charge is 0.238 e. The van der Waals surface area contributed by atoms with E-state index in [2.05, 4.69) is 22.1 Å². The van der Waals surface area contributed by atoms with E-state index in [1.54, 1.807) is 6.20 Å². The molecule has 2 heterocycles. The highest BCUT2D eigenvalue weighted by molar-refractivity contribution is 6.23. The number of anilines is 1. The molecule has 1 saturated carbocycles. The third-order valence-corrected chi connectivity index (χ3v) is 5.42. The Morgan fingerprint density at radius 1 is 1.09 bits per heavy atom. The first-order valence-electron chi connectivity index (χ1n) is 7.93. The zero-order chi connectivity index (χ0) is 15.7. The van der Waals surface area contributed by atoms with Crippen molar-refractivity contribution in [3.8, 4) is 0 Å². The molecule has 0 radical (unpaired) electrons. The van der Waals surface area contributed by atoms with Gasteiger partial charge in [0.25, 0.3) is 0 Å². The lowest BCUT2D eigenvalue weighted by Crippen LogP contribution is -2.32. The summed E-state index contributed by atoms with van der Waals surface area (Å²) in [5.41, 5.74) is 1.38. The minimum atomic E-state index is -0.166. The van der Waals surface area contributed by atoms with Gasteiger partial charge in [-0.15, -0.1) is 0 Å². The van der Waals surface area contributed by atoms with Crippen molar-refractivity contribution in [3.05, 3.63) is 42.4 Å². The van der Waals surface area contributed by atoms with Crippen molar-refractivity contribution in [2.75, 3.05) is 4.90 Å². The summed E-state index contributed by atoms with van der Waals surface area (Å²) >= 11 is 0. The Balaban J connectivity index is 1.60. The summed E-state index contributed by atoms with van der Waals surface area (Å²) in [5, 5.41) is 0.903. The Labute approximate surface area is 133 Å². The van der Waals surface area contributed by atoms with Gasteiger partial charge in [0.15, 0.2) is 0 Å². The summed E-state index contributed by atoms with van der Waals surface area (Å²) < 4.78 is 0. The Morgan fingerprint density at radius 3 is 2.48 bits per heavy atom. The summed E-state index contributed by atoms with van der Waals surface area (Å²) in [5.74, 6) is 0.699. The van der Waals surface area contributed by atoms with Crippen LogP contribution in [0.4, 0.5) is 5.69 Å². The number of imide groups is 1. The molecule has 1 aromatic carbocycles. The zero-order valence-corrected chi connectivity index (χ0v) is 12.6. The molecule has 4 atom stereocenters. The molecule has 2 bridgehead atoms. The summed E-state index contributed by atoms with van der Waals surface area (Å²) in [6.45, 7) is 1.83. The lowest BCUT2D eigenvalue weighted by atomic mass is 9.85. The molecule has 23 heavy (non-hydrogen) atoms. The van der Waals surface area contributed by atoms with E-state index in [0.29, 0.717) is 11.5 Å². The predicted octanol–water partition coefficient (Wildman–Crippen LogP) is 2.25. The first-order valence-corrected chi connectivity index (χ1v) is 7.93. The summed E-state index contributed by atoms with van der Waals surface area (Å²) in [4.78, 5) is 35.6. The van der Waals surface area contributed by atoms with Crippen LogP contribution in [0.2, 0.25) is 0 Å². The normalized spacial score (nSPS) is 31.4. The van der Waals surface area contributed by atoms with Gasteiger partial charge in [-0.25, -0.2) is 14.9 Å². The minimum absolute atomic E-state index is 0.0537. The van der Waals surface area contributed by atoms with Crippen LogP contribution in [0.3, 0.4) is 0 Å². The van der Waals surface area contributed by atoms with E-state index < -0.39 is 0 Å². The number of rotatable bonds is 1. The first-order chi connectivity index (χ1) is 11.1. The van der Waals surface area contributed by atoms with Crippen molar-refractivity contribution >= 4 is 28.4 Å². The molecule has 3 aliphatic rings. The second-order valence-corrected chi connectivity index (χ2v) is 6.67. The SMILES string of the molecule is Cc1ncc2ccc(N3C(=O)[C@@H]4[C@H](C3=O)[C@@H]3C=C[C@H]4C3)cc2n1. The Hall–Kier alpha value is -2.56. The van der Waals surface area contributed by atoms with Gasteiger partial charge in [-0.3, -0.25) is 9.59 Å². The minimum Gasteiger partial charge on any atom is -0.274 e. The molecule has 2 amide bonds. The third kappa shape index (κ3) is 1.62. The van der Waals surface area contributed by atoms with Crippen LogP contribution in [0.25, 0.3) is 10.9 Å². The molecule has 5 nitrogen and oxygen atoms in total. The molecule has 1 aromatic heterocycles. The fourth-order valence-corrected chi connectivity index (χ4v) is 4.40. The maximum absolute atomic E-state index is 12.8. The second kappa shape index (κ2) is 4.25. The second-order valence-electron chi connectivity index (χ2n) is 6.67. The molecule has 0 unspecified atom stereocenters. The molecule has 0 N–H and O–H groups in total. The fourth-order valence-electron chi connectivity index (χ4n) is 4.40. The Morgan fingerprint density at radius 2 is 1.78 bits per heavy atom. The number of carbonyl (C=O) groups excluding carboxylic acids is 2. The van der Waals surface area contributed by atoms with Crippen LogP contribution in [0.5, 0.6) is 0 Å². The lowest BCUT2D eigenvalue weighted by molar-refractivity contribution is -0.123. The highest BCUT2D eigenvalue weighted by Gasteiger charge is 2.59. The molecule has 5 heteroatoms. The number of aromatic nitrogens is 2. The van der Waals surface area contributed by atoms with Gasteiger partial charge in [0, 0.05) is 11.6 Å². The maximum atomic E-state index is 12.8. The van der Waals surface area contributed by atoms with Gasteiger partial charge < -0.3 is 0 Å². The van der Waals surface area contributed by atoms with Gasteiger partial charge in [0.05, 0.1) is 23.0 Å². The molecule has 0 spiro atoms. The maximum Gasteiger partial charge on any atom is 0.238 e. The van der Waals surface area contributed by atoms with Gasteiger partial charge in [-0.1, -0.05) is 12.2 Å². The number of aryl methyl sites for hydroxylation is 1. The summed E-state index contributed by atoms with van der Waals surface area (Å²) in [6, 6.07) is 5.50. The van der Waals surface area contributed by atoms with Crippen molar-refractivity contribution in [1.29, 1.82) is 0 Å². The molecular formula is C18H15N3O2. The average Bonchev–Trinajstić information content (AvgIpc) is 3.21. The zero-order valence-electron chi connectivity index (χ0n) is 12.6. The van der Waals surface area contributed by atoms with Gasteiger partial charge in [0.1, 0.15) is 5.82 Å². The van der Waals surface area contributed by atoms with Crippen LogP contribution >= 0.6 is 0 Å². The lowest BCUT2D eigenvalue weighted by Gasteiger charge is -2.17. The topological polar surface area (TPSA) is 63.2 Å². The molecule has 114 valence electrons. The van der Waals surface area contributed by atoms with Gasteiger partial charge in [-0.2, -0.15) is 0 Å². The van der Waals surface area contributed by atoms with Crippen molar-refractivity contribution in [1.82, 2.24) is 9.97 Å². The van der Waals surface area contributed by atoms with E-state index in [0.717, 1.165) is 17.3 Å². The Kier molecular flexibility index (Phi) is 2.39. The molecule has 2 aliphatic carbocycles. The van der Waals surface area contributed by atoms with E-state index >= 15 is 0 Å². The molecule has 2 fully saturated rings. The van der Waals surface area contributed by atoms with Crippen LogP contribution in [-0.2, 0) is 9.59 Å². The van der Waals surface area contributed by atoms with E-state index in [1.807, 2.05) is 25.1 Å². The number of fused-ring (bicyclic) bond motifs is 6. The number of hydrogen-bond acceptors (Lipinski definition) is 4. The van der Waals surface area contributed by atoms with Crippen molar-refractivity contribution in [2.24, 2.45) is 23.7 Å².